The molecule has 1 heterocycles. The SMILES string of the molecule is CC(=O)c1ccc(NC(=O)[C@H](C)Sc2nc(C)cc(-c3ccccc3)n2)cc1. The van der Waals surface area contributed by atoms with Gasteiger partial charge in [0.2, 0.25) is 5.91 Å². The van der Waals surface area contributed by atoms with Crippen LogP contribution in [0.5, 0.6) is 0 Å². The molecule has 0 bridgehead atoms. The summed E-state index contributed by atoms with van der Waals surface area (Å²) in [5.41, 5.74) is 3.96. The Balaban J connectivity index is 1.70. The second kappa shape index (κ2) is 8.80. The summed E-state index contributed by atoms with van der Waals surface area (Å²) >= 11 is 1.31. The maximum absolute atomic E-state index is 12.5. The van der Waals surface area contributed by atoms with E-state index in [9.17, 15) is 9.59 Å². The number of amides is 1. The van der Waals surface area contributed by atoms with Crippen molar-refractivity contribution in [2.24, 2.45) is 0 Å². The Bertz CT molecular complexity index is 988. The molecule has 28 heavy (non-hydrogen) atoms. The van der Waals surface area contributed by atoms with Crippen LogP contribution in [0.3, 0.4) is 0 Å². The van der Waals surface area contributed by atoms with Crippen LogP contribution < -0.4 is 5.32 Å². The van der Waals surface area contributed by atoms with Crippen molar-refractivity contribution in [1.82, 2.24) is 9.97 Å². The molecule has 0 radical (unpaired) electrons. The Hall–Kier alpha value is -2.99. The summed E-state index contributed by atoms with van der Waals surface area (Å²) in [6.07, 6.45) is 0. The second-order valence-electron chi connectivity index (χ2n) is 6.43. The summed E-state index contributed by atoms with van der Waals surface area (Å²) in [5.74, 6) is -0.153. The highest BCUT2D eigenvalue weighted by Gasteiger charge is 2.17. The highest BCUT2D eigenvalue weighted by Crippen LogP contribution is 2.25. The molecule has 1 amide bonds. The van der Waals surface area contributed by atoms with E-state index in [-0.39, 0.29) is 16.9 Å². The van der Waals surface area contributed by atoms with Crippen LogP contribution in [0, 0.1) is 6.92 Å². The molecule has 3 rings (SSSR count). The van der Waals surface area contributed by atoms with Crippen LogP contribution in [0.25, 0.3) is 11.3 Å². The molecule has 0 aliphatic carbocycles. The maximum Gasteiger partial charge on any atom is 0.237 e. The number of hydrogen-bond donors (Lipinski definition) is 1. The highest BCUT2D eigenvalue weighted by atomic mass is 32.2. The van der Waals surface area contributed by atoms with Gasteiger partial charge in [-0.1, -0.05) is 42.1 Å². The van der Waals surface area contributed by atoms with Gasteiger partial charge in [-0.3, -0.25) is 9.59 Å². The molecule has 142 valence electrons. The summed E-state index contributed by atoms with van der Waals surface area (Å²) in [6.45, 7) is 5.25. The number of rotatable bonds is 6. The number of Topliss-reactive ketones (excluding diaryl/α,β-unsaturated/α-hetero) is 1. The molecule has 0 saturated heterocycles. The molecule has 1 N–H and O–H groups in total. The third-order valence-electron chi connectivity index (χ3n) is 4.11. The van der Waals surface area contributed by atoms with E-state index in [2.05, 4.69) is 15.3 Å². The molecule has 3 aromatic rings. The molecule has 0 saturated carbocycles. The molecule has 0 aliphatic heterocycles. The van der Waals surface area contributed by atoms with Gasteiger partial charge < -0.3 is 5.32 Å². The maximum atomic E-state index is 12.5. The lowest BCUT2D eigenvalue weighted by atomic mass is 10.1. The molecule has 5 nitrogen and oxygen atoms in total. The number of aromatic nitrogens is 2. The first-order valence-corrected chi connectivity index (χ1v) is 9.80. The number of benzene rings is 2. The number of ketones is 1. The van der Waals surface area contributed by atoms with Crippen LogP contribution in [0.15, 0.2) is 65.8 Å². The quantitative estimate of drug-likeness (QED) is 0.372. The van der Waals surface area contributed by atoms with Crippen molar-refractivity contribution in [2.45, 2.75) is 31.2 Å². The zero-order valence-corrected chi connectivity index (χ0v) is 16.8. The Labute approximate surface area is 168 Å². The standard InChI is InChI=1S/C22H21N3O2S/c1-14-13-20(18-7-5-4-6-8-18)25-22(23-14)28-16(3)21(27)24-19-11-9-17(10-12-19)15(2)26/h4-13,16H,1-3H3,(H,24,27)/t16-/m0/s1. The largest absolute Gasteiger partial charge is 0.325 e. The van der Waals surface area contributed by atoms with Gasteiger partial charge in [-0.25, -0.2) is 9.97 Å². The molecule has 0 spiro atoms. The van der Waals surface area contributed by atoms with Crippen LogP contribution in [-0.4, -0.2) is 26.9 Å². The third-order valence-corrected chi connectivity index (χ3v) is 5.07. The normalized spacial score (nSPS) is 11.7. The van der Waals surface area contributed by atoms with E-state index >= 15 is 0 Å². The van der Waals surface area contributed by atoms with Crippen molar-refractivity contribution in [3.8, 4) is 11.3 Å². The Kier molecular flexibility index (Phi) is 6.21. The average molecular weight is 391 g/mol. The first-order valence-electron chi connectivity index (χ1n) is 8.92. The lowest BCUT2D eigenvalue weighted by Gasteiger charge is -2.12. The first kappa shape index (κ1) is 19.8. The molecule has 1 atom stereocenters. The van der Waals surface area contributed by atoms with Gasteiger partial charge in [-0.2, -0.15) is 0 Å². The molecule has 1 aromatic heterocycles. The van der Waals surface area contributed by atoms with Gasteiger partial charge >= 0.3 is 0 Å². The fourth-order valence-electron chi connectivity index (χ4n) is 2.59. The summed E-state index contributed by atoms with van der Waals surface area (Å²) in [7, 11) is 0. The van der Waals surface area contributed by atoms with E-state index in [1.807, 2.05) is 50.2 Å². The van der Waals surface area contributed by atoms with E-state index in [0.717, 1.165) is 17.0 Å². The second-order valence-corrected chi connectivity index (χ2v) is 7.73. The summed E-state index contributed by atoms with van der Waals surface area (Å²) in [5, 5.41) is 3.05. The Morgan fingerprint density at radius 2 is 1.68 bits per heavy atom. The van der Waals surface area contributed by atoms with Crippen LogP contribution in [0.2, 0.25) is 0 Å². The molecule has 2 aromatic carbocycles. The van der Waals surface area contributed by atoms with E-state index in [1.54, 1.807) is 24.3 Å². The minimum atomic E-state index is -0.377. The zero-order valence-electron chi connectivity index (χ0n) is 16.0. The minimum absolute atomic E-state index is 0.00684. The van der Waals surface area contributed by atoms with Crippen molar-refractivity contribution in [3.05, 3.63) is 71.9 Å². The fraction of sp³-hybridized carbons (Fsp3) is 0.182. The molecular formula is C22H21N3O2S. The van der Waals surface area contributed by atoms with Gasteiger partial charge in [0.25, 0.3) is 0 Å². The fourth-order valence-corrected chi connectivity index (χ4v) is 3.42. The molecule has 0 aliphatic rings. The number of carbonyl (C=O) groups excluding carboxylic acids is 2. The number of hydrogen-bond acceptors (Lipinski definition) is 5. The lowest BCUT2D eigenvalue weighted by Crippen LogP contribution is -2.22. The summed E-state index contributed by atoms with van der Waals surface area (Å²) < 4.78 is 0. The number of aryl methyl sites for hydroxylation is 1. The van der Waals surface area contributed by atoms with Gasteiger partial charge in [0.15, 0.2) is 10.9 Å². The lowest BCUT2D eigenvalue weighted by molar-refractivity contribution is -0.115. The van der Waals surface area contributed by atoms with Crippen molar-refractivity contribution in [2.75, 3.05) is 5.32 Å². The molecule has 0 fully saturated rings. The Morgan fingerprint density at radius 1 is 1.00 bits per heavy atom. The number of anilines is 1. The van der Waals surface area contributed by atoms with Gasteiger partial charge in [-0.05, 0) is 51.1 Å². The number of nitrogens with zero attached hydrogens (tertiary/aromatic N) is 2. The van der Waals surface area contributed by atoms with Gasteiger partial charge in [0.05, 0.1) is 10.9 Å². The van der Waals surface area contributed by atoms with Crippen LogP contribution >= 0.6 is 11.8 Å². The first-order chi connectivity index (χ1) is 13.4. The average Bonchev–Trinajstić information content (AvgIpc) is 2.68. The topological polar surface area (TPSA) is 72.0 Å². The number of carbonyl (C=O) groups is 2. The third kappa shape index (κ3) is 5.04. The summed E-state index contributed by atoms with van der Waals surface area (Å²) in [4.78, 5) is 32.9. The van der Waals surface area contributed by atoms with Crippen LogP contribution in [0.4, 0.5) is 5.69 Å². The van der Waals surface area contributed by atoms with E-state index in [1.165, 1.54) is 18.7 Å². The van der Waals surface area contributed by atoms with Gasteiger partial charge in [0, 0.05) is 22.5 Å². The van der Waals surface area contributed by atoms with Gasteiger partial charge in [-0.15, -0.1) is 0 Å². The van der Waals surface area contributed by atoms with Crippen molar-refractivity contribution in [3.63, 3.8) is 0 Å². The minimum Gasteiger partial charge on any atom is -0.325 e. The van der Waals surface area contributed by atoms with E-state index < -0.39 is 0 Å². The summed E-state index contributed by atoms with van der Waals surface area (Å²) in [6, 6.07) is 18.7. The monoisotopic (exact) mass is 391 g/mol. The Morgan fingerprint density at radius 3 is 2.32 bits per heavy atom. The van der Waals surface area contributed by atoms with Crippen LogP contribution in [-0.2, 0) is 4.79 Å². The number of nitrogens with one attached hydrogen (secondary N) is 1. The van der Waals surface area contributed by atoms with Crippen molar-refractivity contribution >= 4 is 29.1 Å². The van der Waals surface area contributed by atoms with E-state index in [0.29, 0.717) is 16.4 Å². The highest BCUT2D eigenvalue weighted by molar-refractivity contribution is 8.00. The molecular weight excluding hydrogens is 370 g/mol. The van der Waals surface area contributed by atoms with Crippen LogP contribution in [0.1, 0.15) is 29.9 Å². The van der Waals surface area contributed by atoms with E-state index in [4.69, 9.17) is 0 Å². The smallest absolute Gasteiger partial charge is 0.237 e. The van der Waals surface area contributed by atoms with Gasteiger partial charge in [0.1, 0.15) is 0 Å². The van der Waals surface area contributed by atoms with Crippen molar-refractivity contribution < 1.29 is 9.59 Å². The van der Waals surface area contributed by atoms with Crippen molar-refractivity contribution in [1.29, 1.82) is 0 Å². The predicted molar refractivity (Wildman–Crippen MR) is 113 cm³/mol. The zero-order chi connectivity index (χ0) is 20.1. The molecule has 0 unspecified atom stereocenters. The molecule has 6 heteroatoms. The number of thioether (sulfide) groups is 1. The predicted octanol–water partition coefficient (Wildman–Crippen LogP) is 4.77.